The van der Waals surface area contributed by atoms with Crippen LogP contribution in [0.3, 0.4) is 0 Å². The van der Waals surface area contributed by atoms with Gasteiger partial charge in [0.05, 0.1) is 29.0 Å². The molecule has 3 heterocycles. The lowest BCUT2D eigenvalue weighted by Crippen LogP contribution is -2.65. The Labute approximate surface area is 312 Å². The summed E-state index contributed by atoms with van der Waals surface area (Å²) in [6.45, 7) is 8.25. The van der Waals surface area contributed by atoms with E-state index in [9.17, 15) is 19.5 Å². The highest BCUT2D eigenvalue weighted by Crippen LogP contribution is 2.84. The fraction of sp³-hybridized carbons (Fsp3) is 0.523. The number of aldehydes is 1. The van der Waals surface area contributed by atoms with Crippen molar-refractivity contribution < 1.29 is 29.0 Å². The lowest BCUT2D eigenvalue weighted by atomic mass is 9.41. The molecule has 3 aromatic rings. The maximum absolute atomic E-state index is 14.0. The number of hydrogen-bond acceptors (Lipinski definition) is 8. The molecular formula is C44H51N3O6. The SMILES string of the molecule is CC(C)C1=CC2CC3(C=O)[C@@H]4CC[C@@H](C)[C@H]4CC2(C2CCC(CN(Cc4ccccn4)Cc4cccc(C(=O)OCc5ccccc5)n4)O2)C13C(=O)O. The normalized spacial score (nSPS) is 33.9. The Bertz CT molecular complexity index is 1880. The smallest absolute Gasteiger partial charge is 0.357 e. The molecule has 4 bridgehead atoms. The number of carboxylic acid groups (broad SMARTS) is 1. The van der Waals surface area contributed by atoms with E-state index in [1.54, 1.807) is 12.3 Å². The van der Waals surface area contributed by atoms with Gasteiger partial charge in [-0.2, -0.15) is 0 Å². The predicted molar refractivity (Wildman–Crippen MR) is 198 cm³/mol. The van der Waals surface area contributed by atoms with Gasteiger partial charge in [0.15, 0.2) is 0 Å². The van der Waals surface area contributed by atoms with Crippen LogP contribution in [-0.2, 0) is 38.8 Å². The Morgan fingerprint density at radius 3 is 2.49 bits per heavy atom. The third-order valence-corrected chi connectivity index (χ3v) is 13.9. The average molecular weight is 718 g/mol. The molecule has 2 aromatic heterocycles. The molecule has 8 rings (SSSR count). The van der Waals surface area contributed by atoms with Crippen molar-refractivity contribution in [2.75, 3.05) is 6.54 Å². The number of allylic oxidation sites excluding steroid dienone is 1. The summed E-state index contributed by atoms with van der Waals surface area (Å²) in [6, 6.07) is 20.9. The summed E-state index contributed by atoms with van der Waals surface area (Å²) in [6.07, 6.45) is 9.66. The number of aromatic nitrogens is 2. The fourth-order valence-electron chi connectivity index (χ4n) is 12.0. The highest BCUT2D eigenvalue weighted by Gasteiger charge is 2.86. The minimum absolute atomic E-state index is 0.000887. The number of ether oxygens (including phenoxy) is 2. The average Bonchev–Trinajstić information content (AvgIpc) is 3.90. The standard InChI is InChI=1S/C44H51N3O6/c1-28(2)37-20-31-21-42(27-48)36-17-15-29(3)35(36)22-43(31,44(37,42)41(50)51)39-18-16-34(53-39)25-47(23-32-12-7-8-19-45-32)24-33-13-9-14-38(46-33)40(49)52-26-30-10-5-4-6-11-30/h4-14,19-20,27-29,31,34-36,39H,15-18,21-26H2,1-3H3,(H,50,51)/t29-,31?,34?,35-,36-,39?,42?,43?,44?/m1/s1. The molecule has 9 heteroatoms. The molecule has 53 heavy (non-hydrogen) atoms. The van der Waals surface area contributed by atoms with Gasteiger partial charge in [-0.3, -0.25) is 14.7 Å². The van der Waals surface area contributed by atoms with E-state index in [4.69, 9.17) is 14.5 Å². The van der Waals surface area contributed by atoms with Crippen LogP contribution in [0, 0.1) is 45.8 Å². The van der Waals surface area contributed by atoms with Crippen LogP contribution in [0.2, 0.25) is 0 Å². The van der Waals surface area contributed by atoms with E-state index >= 15 is 0 Å². The van der Waals surface area contributed by atoms with Gasteiger partial charge in [-0.1, -0.05) is 81.3 Å². The molecule has 9 nitrogen and oxygen atoms in total. The number of rotatable bonds is 13. The second-order valence-electron chi connectivity index (χ2n) is 16.8. The number of esters is 1. The van der Waals surface area contributed by atoms with Crippen molar-refractivity contribution in [3.05, 3.63) is 107 Å². The second-order valence-corrected chi connectivity index (χ2v) is 16.8. The van der Waals surface area contributed by atoms with E-state index in [0.29, 0.717) is 37.9 Å². The van der Waals surface area contributed by atoms with Crippen LogP contribution < -0.4 is 0 Å². The maximum Gasteiger partial charge on any atom is 0.357 e. The molecular weight excluding hydrogens is 666 g/mol. The van der Waals surface area contributed by atoms with Crippen molar-refractivity contribution in [1.29, 1.82) is 0 Å². The maximum atomic E-state index is 14.0. The van der Waals surface area contributed by atoms with Crippen LogP contribution in [0.25, 0.3) is 0 Å². The summed E-state index contributed by atoms with van der Waals surface area (Å²) in [5, 5.41) is 11.5. The van der Waals surface area contributed by atoms with Gasteiger partial charge in [0, 0.05) is 31.2 Å². The largest absolute Gasteiger partial charge is 0.481 e. The van der Waals surface area contributed by atoms with E-state index < -0.39 is 28.2 Å². The Hall–Kier alpha value is -4.21. The van der Waals surface area contributed by atoms with Crippen LogP contribution in [0.5, 0.6) is 0 Å². The van der Waals surface area contributed by atoms with Gasteiger partial charge in [0.25, 0.3) is 0 Å². The van der Waals surface area contributed by atoms with Gasteiger partial charge in [-0.05, 0) is 91.5 Å². The first-order valence-corrected chi connectivity index (χ1v) is 19.5. The number of pyridine rings is 2. The molecule has 5 aliphatic rings. The number of carboxylic acids is 1. The lowest BCUT2D eigenvalue weighted by Gasteiger charge is -2.60. The van der Waals surface area contributed by atoms with Crippen molar-refractivity contribution in [2.45, 2.75) is 91.2 Å². The van der Waals surface area contributed by atoms with Crippen LogP contribution in [0.1, 0.15) is 86.7 Å². The number of fused-ring (bicyclic) bond motifs is 2. The van der Waals surface area contributed by atoms with E-state index in [2.05, 4.69) is 36.7 Å². The number of nitrogens with zero attached hydrogens (tertiary/aromatic N) is 3. The molecule has 1 aromatic carbocycles. The Morgan fingerprint density at radius 2 is 1.75 bits per heavy atom. The molecule has 4 fully saturated rings. The zero-order valence-electron chi connectivity index (χ0n) is 31.0. The van der Waals surface area contributed by atoms with Crippen molar-refractivity contribution in [3.63, 3.8) is 0 Å². The quantitative estimate of drug-likeness (QED) is 0.110. The molecule has 0 spiro atoms. The van der Waals surface area contributed by atoms with E-state index in [1.165, 1.54) is 0 Å². The Morgan fingerprint density at radius 1 is 0.981 bits per heavy atom. The van der Waals surface area contributed by atoms with Crippen molar-refractivity contribution in [3.8, 4) is 0 Å². The van der Waals surface area contributed by atoms with Gasteiger partial charge in [-0.15, -0.1) is 0 Å². The van der Waals surface area contributed by atoms with Crippen LogP contribution in [-0.4, -0.2) is 57.0 Å². The summed E-state index contributed by atoms with van der Waals surface area (Å²) in [5.41, 5.74) is 0.942. The second kappa shape index (κ2) is 13.9. The third kappa shape index (κ3) is 5.60. The lowest BCUT2D eigenvalue weighted by molar-refractivity contribution is -0.197. The number of hydrogen-bond donors (Lipinski definition) is 1. The molecule has 4 aliphatic carbocycles. The Balaban J connectivity index is 1.05. The Kier molecular flexibility index (Phi) is 9.38. The van der Waals surface area contributed by atoms with Gasteiger partial charge >= 0.3 is 11.9 Å². The molecule has 278 valence electrons. The summed E-state index contributed by atoms with van der Waals surface area (Å²) < 4.78 is 12.7. The predicted octanol–water partition coefficient (Wildman–Crippen LogP) is 7.31. The third-order valence-electron chi connectivity index (χ3n) is 13.9. The van der Waals surface area contributed by atoms with Crippen LogP contribution >= 0.6 is 0 Å². The molecule has 1 saturated heterocycles. The summed E-state index contributed by atoms with van der Waals surface area (Å²) in [7, 11) is 0. The molecule has 1 N–H and O–H groups in total. The van der Waals surface area contributed by atoms with Crippen LogP contribution in [0.4, 0.5) is 0 Å². The number of carbonyl (C=O) groups is 3. The molecule has 3 saturated carbocycles. The molecule has 0 amide bonds. The highest BCUT2D eigenvalue weighted by atomic mass is 16.5. The van der Waals surface area contributed by atoms with Crippen molar-refractivity contribution in [1.82, 2.24) is 14.9 Å². The van der Waals surface area contributed by atoms with Gasteiger partial charge in [-0.25, -0.2) is 9.78 Å². The number of carbonyl (C=O) groups excluding carboxylic acids is 2. The summed E-state index contributed by atoms with van der Waals surface area (Å²) in [5.74, 6) is -0.417. The molecule has 1 aliphatic heterocycles. The number of benzene rings is 1. The van der Waals surface area contributed by atoms with E-state index in [-0.39, 0.29) is 42.3 Å². The monoisotopic (exact) mass is 717 g/mol. The van der Waals surface area contributed by atoms with E-state index in [0.717, 1.165) is 60.9 Å². The van der Waals surface area contributed by atoms with Crippen molar-refractivity contribution >= 4 is 18.2 Å². The molecule has 9 atom stereocenters. The van der Waals surface area contributed by atoms with Gasteiger partial charge < -0.3 is 19.4 Å². The first-order chi connectivity index (χ1) is 25.6. The summed E-state index contributed by atoms with van der Waals surface area (Å²) >= 11 is 0. The fourth-order valence-corrected chi connectivity index (χ4v) is 12.0. The van der Waals surface area contributed by atoms with Crippen molar-refractivity contribution in [2.24, 2.45) is 45.8 Å². The van der Waals surface area contributed by atoms with Crippen LogP contribution in [0.15, 0.2) is 84.6 Å². The first kappa shape index (κ1) is 35.8. The van der Waals surface area contributed by atoms with Gasteiger partial charge in [0.1, 0.15) is 24.0 Å². The molecule has 6 unspecified atom stereocenters. The van der Waals surface area contributed by atoms with Gasteiger partial charge in [0.2, 0.25) is 0 Å². The first-order valence-electron chi connectivity index (χ1n) is 19.5. The number of aliphatic carboxylic acids is 1. The zero-order chi connectivity index (χ0) is 37.0. The van der Waals surface area contributed by atoms with E-state index in [1.807, 2.05) is 60.7 Å². The topological polar surface area (TPSA) is 119 Å². The highest BCUT2D eigenvalue weighted by molar-refractivity contribution is 5.90. The minimum Gasteiger partial charge on any atom is -0.481 e. The summed E-state index contributed by atoms with van der Waals surface area (Å²) in [4.78, 5) is 52.2. The minimum atomic E-state index is -1.25. The molecule has 0 radical (unpaired) electrons. The zero-order valence-corrected chi connectivity index (χ0v) is 31.0.